The molecule has 1 aromatic carbocycles. The van der Waals surface area contributed by atoms with Crippen LogP contribution in [0.4, 0.5) is 5.82 Å². The third kappa shape index (κ3) is 3.72. The Kier molecular flexibility index (Phi) is 5.26. The van der Waals surface area contributed by atoms with Crippen molar-refractivity contribution in [3.05, 3.63) is 49.6 Å². The lowest BCUT2D eigenvalue weighted by atomic mass is 10.2. The smallest absolute Gasteiger partial charge is 0.330 e. The van der Waals surface area contributed by atoms with Crippen LogP contribution in [0.25, 0.3) is 11.0 Å². The first-order chi connectivity index (χ1) is 13.9. The molecule has 29 heavy (non-hydrogen) atoms. The third-order valence-electron chi connectivity index (χ3n) is 4.83. The minimum atomic E-state index is -0.746. The van der Waals surface area contributed by atoms with Gasteiger partial charge in [-0.25, -0.2) is 9.78 Å². The summed E-state index contributed by atoms with van der Waals surface area (Å²) >= 11 is 7.30. The second kappa shape index (κ2) is 7.72. The Hall–Kier alpha value is -2.52. The SMILES string of the molecule is CCCn1c(SCC(=O)c2c(N)n(C3CC3)c(=O)[nH]c2=O)nc2cc(Cl)ccc21. The van der Waals surface area contributed by atoms with Crippen LogP contribution in [0.2, 0.25) is 5.02 Å². The fourth-order valence-corrected chi connectivity index (χ4v) is 4.44. The molecule has 0 amide bonds. The van der Waals surface area contributed by atoms with E-state index >= 15 is 0 Å². The quantitative estimate of drug-likeness (QED) is 0.437. The van der Waals surface area contributed by atoms with Crippen LogP contribution in [0, 0.1) is 0 Å². The Morgan fingerprint density at radius 3 is 2.83 bits per heavy atom. The molecule has 152 valence electrons. The molecule has 10 heteroatoms. The number of nitrogens with one attached hydrogen (secondary N) is 1. The number of nitrogens with zero attached hydrogens (tertiary/aromatic N) is 3. The molecule has 1 saturated carbocycles. The number of rotatable bonds is 7. The molecule has 0 unspecified atom stereocenters. The zero-order valence-electron chi connectivity index (χ0n) is 15.8. The van der Waals surface area contributed by atoms with Crippen molar-refractivity contribution in [2.45, 2.75) is 43.9 Å². The largest absolute Gasteiger partial charge is 0.384 e. The number of aromatic nitrogens is 4. The van der Waals surface area contributed by atoms with Crippen LogP contribution in [-0.4, -0.2) is 30.6 Å². The van der Waals surface area contributed by atoms with Crippen molar-refractivity contribution in [2.75, 3.05) is 11.5 Å². The Balaban J connectivity index is 1.64. The van der Waals surface area contributed by atoms with Gasteiger partial charge >= 0.3 is 5.69 Å². The molecule has 3 aromatic rings. The summed E-state index contributed by atoms with van der Waals surface area (Å²) in [5, 5.41) is 1.26. The summed E-state index contributed by atoms with van der Waals surface area (Å²) in [5.74, 6) is -0.506. The van der Waals surface area contributed by atoms with Crippen molar-refractivity contribution in [3.63, 3.8) is 0 Å². The molecular formula is C19H20ClN5O3S. The number of hydrogen-bond donors (Lipinski definition) is 2. The highest BCUT2D eigenvalue weighted by molar-refractivity contribution is 7.99. The standard InChI is InChI=1S/C19H20ClN5O3S/c1-2-7-24-13-6-3-10(20)8-12(13)22-19(24)29-9-14(26)15-16(21)25(11-4-5-11)18(28)23-17(15)27/h3,6,8,11H,2,4-5,7,9,21H2,1H3,(H,23,27,28). The number of nitrogens with two attached hydrogens (primary N) is 1. The van der Waals surface area contributed by atoms with Crippen molar-refractivity contribution in [1.82, 2.24) is 19.1 Å². The molecule has 1 aliphatic carbocycles. The highest BCUT2D eigenvalue weighted by Crippen LogP contribution is 2.35. The second-order valence-electron chi connectivity index (χ2n) is 7.01. The number of halogens is 1. The van der Waals surface area contributed by atoms with Gasteiger partial charge in [-0.1, -0.05) is 30.3 Å². The number of imidazole rings is 1. The summed E-state index contributed by atoms with van der Waals surface area (Å²) in [6, 6.07) is 5.44. The lowest BCUT2D eigenvalue weighted by Crippen LogP contribution is -2.36. The number of fused-ring (bicyclic) bond motifs is 1. The Morgan fingerprint density at radius 2 is 2.14 bits per heavy atom. The maximum atomic E-state index is 12.8. The highest BCUT2D eigenvalue weighted by atomic mass is 35.5. The van der Waals surface area contributed by atoms with E-state index in [-0.39, 0.29) is 23.2 Å². The van der Waals surface area contributed by atoms with Gasteiger partial charge in [-0.05, 0) is 37.5 Å². The zero-order valence-corrected chi connectivity index (χ0v) is 17.3. The molecule has 1 fully saturated rings. The molecule has 0 aliphatic heterocycles. The van der Waals surface area contributed by atoms with Crippen molar-refractivity contribution in [3.8, 4) is 0 Å². The van der Waals surface area contributed by atoms with Crippen LogP contribution in [0.1, 0.15) is 42.6 Å². The molecule has 1 aliphatic rings. The van der Waals surface area contributed by atoms with Crippen molar-refractivity contribution in [1.29, 1.82) is 0 Å². The average Bonchev–Trinajstić information content (AvgIpc) is 3.42. The van der Waals surface area contributed by atoms with Gasteiger partial charge in [0, 0.05) is 17.6 Å². The highest BCUT2D eigenvalue weighted by Gasteiger charge is 2.30. The lowest BCUT2D eigenvalue weighted by Gasteiger charge is -2.11. The number of hydrogen-bond acceptors (Lipinski definition) is 6. The molecule has 0 atom stereocenters. The number of carbonyl (C=O) groups is 1. The van der Waals surface area contributed by atoms with E-state index in [1.54, 1.807) is 12.1 Å². The maximum absolute atomic E-state index is 12.8. The Labute approximate surface area is 175 Å². The molecule has 0 bridgehead atoms. The van der Waals surface area contributed by atoms with E-state index in [0.29, 0.717) is 10.2 Å². The van der Waals surface area contributed by atoms with Crippen LogP contribution in [-0.2, 0) is 6.54 Å². The fourth-order valence-electron chi connectivity index (χ4n) is 3.36. The van der Waals surface area contributed by atoms with Crippen LogP contribution < -0.4 is 17.0 Å². The first-order valence-corrected chi connectivity index (χ1v) is 10.7. The zero-order chi connectivity index (χ0) is 20.7. The van der Waals surface area contributed by atoms with E-state index in [2.05, 4.69) is 16.9 Å². The number of carbonyl (C=O) groups excluding carboxylic acids is 1. The van der Waals surface area contributed by atoms with Gasteiger partial charge in [-0.2, -0.15) is 0 Å². The first-order valence-electron chi connectivity index (χ1n) is 9.36. The summed E-state index contributed by atoms with van der Waals surface area (Å²) in [5.41, 5.74) is 6.24. The summed E-state index contributed by atoms with van der Waals surface area (Å²) in [7, 11) is 0. The van der Waals surface area contributed by atoms with Gasteiger partial charge in [-0.15, -0.1) is 0 Å². The minimum absolute atomic E-state index is 0.0169. The Bertz CT molecular complexity index is 1230. The molecule has 0 saturated heterocycles. The number of aryl methyl sites for hydroxylation is 1. The summed E-state index contributed by atoms with van der Waals surface area (Å²) in [6.07, 6.45) is 2.51. The topological polar surface area (TPSA) is 116 Å². The average molecular weight is 434 g/mol. The third-order valence-corrected chi connectivity index (χ3v) is 6.04. The van der Waals surface area contributed by atoms with Crippen LogP contribution in [0.5, 0.6) is 0 Å². The van der Waals surface area contributed by atoms with E-state index in [1.807, 2.05) is 10.6 Å². The number of Topliss-reactive ketones (excluding diaryl/α,β-unsaturated/α-hetero) is 1. The monoisotopic (exact) mass is 433 g/mol. The van der Waals surface area contributed by atoms with Crippen molar-refractivity contribution in [2.24, 2.45) is 0 Å². The summed E-state index contributed by atoms with van der Waals surface area (Å²) in [4.78, 5) is 43.9. The number of benzene rings is 1. The van der Waals surface area contributed by atoms with Gasteiger partial charge < -0.3 is 10.3 Å². The predicted molar refractivity (Wildman–Crippen MR) is 114 cm³/mol. The minimum Gasteiger partial charge on any atom is -0.384 e. The Morgan fingerprint density at radius 1 is 1.38 bits per heavy atom. The molecule has 8 nitrogen and oxygen atoms in total. The number of thioether (sulfide) groups is 1. The van der Waals surface area contributed by atoms with E-state index < -0.39 is 17.0 Å². The van der Waals surface area contributed by atoms with Gasteiger partial charge in [0.25, 0.3) is 5.56 Å². The van der Waals surface area contributed by atoms with Crippen molar-refractivity contribution < 1.29 is 4.79 Å². The number of nitrogen functional groups attached to an aromatic ring is 1. The molecular weight excluding hydrogens is 414 g/mol. The van der Waals surface area contributed by atoms with Crippen LogP contribution >= 0.6 is 23.4 Å². The predicted octanol–water partition coefficient (Wildman–Crippen LogP) is 2.84. The molecule has 2 heterocycles. The van der Waals surface area contributed by atoms with Gasteiger partial charge in [0.2, 0.25) is 0 Å². The summed E-state index contributed by atoms with van der Waals surface area (Å²) < 4.78 is 3.34. The molecule has 3 N–H and O–H groups in total. The first kappa shape index (κ1) is 19.8. The normalized spacial score (nSPS) is 13.9. The van der Waals surface area contributed by atoms with Crippen molar-refractivity contribution >= 4 is 46.0 Å². The fraction of sp³-hybridized carbons (Fsp3) is 0.368. The lowest BCUT2D eigenvalue weighted by molar-refractivity contribution is 0.102. The number of H-pyrrole nitrogens is 1. The maximum Gasteiger partial charge on any atom is 0.330 e. The van der Waals surface area contributed by atoms with E-state index in [1.165, 1.54) is 16.3 Å². The van der Waals surface area contributed by atoms with E-state index in [9.17, 15) is 14.4 Å². The van der Waals surface area contributed by atoms with E-state index in [4.69, 9.17) is 17.3 Å². The van der Waals surface area contributed by atoms with E-state index in [0.717, 1.165) is 36.8 Å². The second-order valence-corrected chi connectivity index (χ2v) is 8.39. The van der Waals surface area contributed by atoms with Crippen LogP contribution in [0.15, 0.2) is 32.9 Å². The van der Waals surface area contributed by atoms with Gasteiger partial charge in [-0.3, -0.25) is 19.1 Å². The summed E-state index contributed by atoms with van der Waals surface area (Å²) in [6.45, 7) is 2.80. The van der Waals surface area contributed by atoms with Gasteiger partial charge in [0.1, 0.15) is 11.4 Å². The molecule has 0 radical (unpaired) electrons. The van der Waals surface area contributed by atoms with Gasteiger partial charge in [0.05, 0.1) is 16.8 Å². The van der Waals surface area contributed by atoms with Crippen LogP contribution in [0.3, 0.4) is 0 Å². The number of ketones is 1. The number of aromatic amines is 1. The molecule has 4 rings (SSSR count). The van der Waals surface area contributed by atoms with Gasteiger partial charge in [0.15, 0.2) is 10.9 Å². The molecule has 2 aromatic heterocycles. The molecule has 0 spiro atoms. The number of anilines is 1.